The van der Waals surface area contributed by atoms with Crippen LogP contribution in [0.5, 0.6) is 5.75 Å². The predicted octanol–water partition coefficient (Wildman–Crippen LogP) is 3.73. The number of carbonyl (C=O) groups excluding carboxylic acids is 1. The van der Waals surface area contributed by atoms with E-state index < -0.39 is 0 Å². The standard InChI is InChI=1S/C19H23FN2O2/c1-2-21-14-15-5-3-6-17(13-15)22-19(23)7-4-12-24-18-10-8-16(20)9-11-18/h3,5-6,8-11,13,21H,2,4,7,12,14H2,1H3,(H,22,23). The summed E-state index contributed by atoms with van der Waals surface area (Å²) in [5.41, 5.74) is 1.93. The lowest BCUT2D eigenvalue weighted by Crippen LogP contribution is -2.14. The zero-order valence-corrected chi connectivity index (χ0v) is 13.8. The highest BCUT2D eigenvalue weighted by molar-refractivity contribution is 5.90. The molecule has 5 heteroatoms. The van der Waals surface area contributed by atoms with Crippen molar-refractivity contribution in [2.75, 3.05) is 18.5 Å². The molecule has 0 aromatic heterocycles. The van der Waals surface area contributed by atoms with Gasteiger partial charge in [-0.2, -0.15) is 0 Å². The van der Waals surface area contributed by atoms with Gasteiger partial charge in [0, 0.05) is 18.7 Å². The molecule has 2 N–H and O–H groups in total. The van der Waals surface area contributed by atoms with Crippen molar-refractivity contribution in [1.82, 2.24) is 5.32 Å². The van der Waals surface area contributed by atoms with E-state index in [0.717, 1.165) is 24.3 Å². The number of rotatable bonds is 9. The maximum atomic E-state index is 12.8. The third kappa shape index (κ3) is 6.38. The molecule has 0 saturated carbocycles. The first-order valence-corrected chi connectivity index (χ1v) is 8.15. The van der Waals surface area contributed by atoms with Crippen LogP contribution in [0, 0.1) is 5.82 Å². The predicted molar refractivity (Wildman–Crippen MR) is 93.6 cm³/mol. The Morgan fingerprint density at radius 3 is 2.71 bits per heavy atom. The molecule has 0 aliphatic rings. The molecule has 24 heavy (non-hydrogen) atoms. The second-order valence-electron chi connectivity index (χ2n) is 5.43. The Bertz CT molecular complexity index is 644. The minimum Gasteiger partial charge on any atom is -0.494 e. The number of hydrogen-bond acceptors (Lipinski definition) is 3. The Labute approximate surface area is 142 Å². The van der Waals surface area contributed by atoms with E-state index in [0.29, 0.717) is 25.2 Å². The lowest BCUT2D eigenvalue weighted by Gasteiger charge is -2.09. The summed E-state index contributed by atoms with van der Waals surface area (Å²) >= 11 is 0. The molecule has 0 heterocycles. The largest absolute Gasteiger partial charge is 0.494 e. The molecular weight excluding hydrogens is 307 g/mol. The van der Waals surface area contributed by atoms with E-state index in [4.69, 9.17) is 4.74 Å². The molecular formula is C19H23FN2O2. The normalized spacial score (nSPS) is 10.4. The lowest BCUT2D eigenvalue weighted by atomic mass is 10.2. The molecule has 2 aromatic rings. The molecule has 0 spiro atoms. The van der Waals surface area contributed by atoms with Crippen LogP contribution in [-0.2, 0) is 11.3 Å². The molecule has 0 atom stereocenters. The fourth-order valence-electron chi connectivity index (χ4n) is 2.21. The highest BCUT2D eigenvalue weighted by atomic mass is 19.1. The summed E-state index contributed by atoms with van der Waals surface area (Å²) in [4.78, 5) is 12.0. The van der Waals surface area contributed by atoms with Gasteiger partial charge < -0.3 is 15.4 Å². The monoisotopic (exact) mass is 330 g/mol. The average molecular weight is 330 g/mol. The summed E-state index contributed by atoms with van der Waals surface area (Å²) in [5, 5.41) is 6.15. The van der Waals surface area contributed by atoms with Crippen LogP contribution in [0.2, 0.25) is 0 Å². The van der Waals surface area contributed by atoms with E-state index in [1.807, 2.05) is 24.3 Å². The molecule has 0 saturated heterocycles. The van der Waals surface area contributed by atoms with Crippen molar-refractivity contribution < 1.29 is 13.9 Å². The lowest BCUT2D eigenvalue weighted by molar-refractivity contribution is -0.116. The fraction of sp³-hybridized carbons (Fsp3) is 0.316. The van der Waals surface area contributed by atoms with Crippen LogP contribution < -0.4 is 15.4 Å². The van der Waals surface area contributed by atoms with Crippen molar-refractivity contribution in [2.24, 2.45) is 0 Å². The Hall–Kier alpha value is -2.40. The van der Waals surface area contributed by atoms with Gasteiger partial charge in [-0.15, -0.1) is 0 Å². The van der Waals surface area contributed by atoms with Crippen molar-refractivity contribution >= 4 is 11.6 Å². The van der Waals surface area contributed by atoms with Gasteiger partial charge in [-0.3, -0.25) is 4.79 Å². The van der Waals surface area contributed by atoms with Crippen LogP contribution in [-0.4, -0.2) is 19.1 Å². The van der Waals surface area contributed by atoms with Crippen LogP contribution in [0.3, 0.4) is 0 Å². The van der Waals surface area contributed by atoms with Gasteiger partial charge in [0.15, 0.2) is 0 Å². The van der Waals surface area contributed by atoms with Crippen LogP contribution in [0.15, 0.2) is 48.5 Å². The number of ether oxygens (including phenoxy) is 1. The van der Waals surface area contributed by atoms with Crippen LogP contribution >= 0.6 is 0 Å². The second-order valence-corrected chi connectivity index (χ2v) is 5.43. The van der Waals surface area contributed by atoms with Gasteiger partial charge in [-0.1, -0.05) is 19.1 Å². The van der Waals surface area contributed by atoms with Crippen molar-refractivity contribution in [2.45, 2.75) is 26.3 Å². The number of anilines is 1. The van der Waals surface area contributed by atoms with Gasteiger partial charge in [-0.05, 0) is 54.9 Å². The Morgan fingerprint density at radius 2 is 1.96 bits per heavy atom. The van der Waals surface area contributed by atoms with E-state index in [1.54, 1.807) is 12.1 Å². The Morgan fingerprint density at radius 1 is 1.17 bits per heavy atom. The van der Waals surface area contributed by atoms with Crippen LogP contribution in [0.1, 0.15) is 25.3 Å². The highest BCUT2D eigenvalue weighted by Gasteiger charge is 2.04. The smallest absolute Gasteiger partial charge is 0.224 e. The van der Waals surface area contributed by atoms with E-state index in [1.165, 1.54) is 12.1 Å². The Balaban J connectivity index is 1.70. The van der Waals surface area contributed by atoms with Gasteiger partial charge in [0.2, 0.25) is 5.91 Å². The zero-order valence-electron chi connectivity index (χ0n) is 13.8. The molecule has 0 aliphatic carbocycles. The zero-order chi connectivity index (χ0) is 17.2. The first kappa shape index (κ1) is 17.9. The number of carbonyl (C=O) groups is 1. The van der Waals surface area contributed by atoms with E-state index in [-0.39, 0.29) is 11.7 Å². The summed E-state index contributed by atoms with van der Waals surface area (Å²) in [5.74, 6) is 0.268. The summed E-state index contributed by atoms with van der Waals surface area (Å²) < 4.78 is 18.2. The summed E-state index contributed by atoms with van der Waals surface area (Å²) in [6.07, 6.45) is 0.971. The third-order valence-electron chi connectivity index (χ3n) is 3.42. The van der Waals surface area contributed by atoms with Crippen molar-refractivity contribution in [3.8, 4) is 5.75 Å². The quantitative estimate of drug-likeness (QED) is 0.689. The van der Waals surface area contributed by atoms with Gasteiger partial charge >= 0.3 is 0 Å². The summed E-state index contributed by atoms with van der Waals surface area (Å²) in [6.45, 7) is 4.16. The molecule has 4 nitrogen and oxygen atoms in total. The van der Waals surface area contributed by atoms with Crippen molar-refractivity contribution in [3.63, 3.8) is 0 Å². The minimum atomic E-state index is -0.293. The average Bonchev–Trinajstić information content (AvgIpc) is 2.59. The number of amides is 1. The van der Waals surface area contributed by atoms with E-state index >= 15 is 0 Å². The number of halogens is 1. The molecule has 128 valence electrons. The minimum absolute atomic E-state index is 0.0432. The molecule has 1 amide bonds. The maximum absolute atomic E-state index is 12.8. The summed E-state index contributed by atoms with van der Waals surface area (Å²) in [7, 11) is 0. The second kappa shape index (κ2) is 9.67. The molecule has 0 bridgehead atoms. The molecule has 0 fully saturated rings. The first-order chi connectivity index (χ1) is 11.7. The molecule has 0 radical (unpaired) electrons. The van der Waals surface area contributed by atoms with Gasteiger partial charge in [-0.25, -0.2) is 4.39 Å². The highest BCUT2D eigenvalue weighted by Crippen LogP contribution is 2.13. The van der Waals surface area contributed by atoms with Crippen molar-refractivity contribution in [3.05, 3.63) is 59.9 Å². The third-order valence-corrected chi connectivity index (χ3v) is 3.42. The fourth-order valence-corrected chi connectivity index (χ4v) is 2.21. The van der Waals surface area contributed by atoms with Gasteiger partial charge in [0.05, 0.1) is 6.61 Å². The topological polar surface area (TPSA) is 50.4 Å². The number of nitrogens with one attached hydrogen (secondary N) is 2. The maximum Gasteiger partial charge on any atom is 0.224 e. The summed E-state index contributed by atoms with van der Waals surface area (Å²) in [6, 6.07) is 13.6. The van der Waals surface area contributed by atoms with Crippen LogP contribution in [0.4, 0.5) is 10.1 Å². The molecule has 0 unspecified atom stereocenters. The number of hydrogen-bond donors (Lipinski definition) is 2. The SMILES string of the molecule is CCNCc1cccc(NC(=O)CCCOc2ccc(F)cc2)c1. The molecule has 2 aromatic carbocycles. The Kier molecular flexibility index (Phi) is 7.23. The van der Waals surface area contributed by atoms with E-state index in [2.05, 4.69) is 17.6 Å². The molecule has 0 aliphatic heterocycles. The van der Waals surface area contributed by atoms with Crippen molar-refractivity contribution in [1.29, 1.82) is 0 Å². The van der Waals surface area contributed by atoms with E-state index in [9.17, 15) is 9.18 Å². The van der Waals surface area contributed by atoms with Gasteiger partial charge in [0.1, 0.15) is 11.6 Å². The first-order valence-electron chi connectivity index (χ1n) is 8.15. The van der Waals surface area contributed by atoms with Crippen LogP contribution in [0.25, 0.3) is 0 Å². The number of benzene rings is 2. The van der Waals surface area contributed by atoms with Gasteiger partial charge in [0.25, 0.3) is 0 Å². The molecule has 2 rings (SSSR count).